The molecule has 0 saturated heterocycles. The monoisotopic (exact) mass is 422 g/mol. The Kier molecular flexibility index (Phi) is 1380. The Morgan fingerprint density at radius 2 is 0.381 bits per heavy atom. The molecule has 0 fully saturated rings. The van der Waals surface area contributed by atoms with Crippen molar-refractivity contribution < 1.29 is 122 Å². The fourth-order valence-corrected chi connectivity index (χ4v) is 0. The first-order valence-corrected chi connectivity index (χ1v) is 4.90. The van der Waals surface area contributed by atoms with E-state index >= 15 is 0 Å². The van der Waals surface area contributed by atoms with Crippen LogP contribution in [-0.2, 0) is 57.6 Å². The molecule has 0 aromatic rings. The molecule has 0 unspecified atom stereocenters. The van der Waals surface area contributed by atoms with Crippen LogP contribution in [0.5, 0.6) is 0 Å². The third-order valence-corrected chi connectivity index (χ3v) is 0. The summed E-state index contributed by atoms with van der Waals surface area (Å²) < 4.78 is 67.2. The zero-order valence-electron chi connectivity index (χ0n) is 10.6. The molecule has 0 aliphatic rings. The van der Waals surface area contributed by atoms with Gasteiger partial charge in [0.2, 0.25) is 0 Å². The van der Waals surface area contributed by atoms with Crippen molar-refractivity contribution in [2.75, 3.05) is 0 Å². The molecule has 0 atom stereocenters. The molecule has 0 amide bonds. The van der Waals surface area contributed by atoms with Gasteiger partial charge in [0.25, 0.3) is 0 Å². The predicted molar refractivity (Wildman–Crippen MR) is 46.4 cm³/mol. The summed E-state index contributed by atoms with van der Waals surface area (Å²) in [4.78, 5) is 0. The SMILES string of the molecule is O.O=[Si]=O.O=[Si]=O.O=[Si]=O.O=[Si]=O.[Al+3].[Al+3].[Na+].[Na+].[O-2].[O-2].[O-2].[O-2]. The average Bonchev–Trinajstić information content (AvgIpc) is 1.92. The second kappa shape index (κ2) is 263. The van der Waals surface area contributed by atoms with Gasteiger partial charge in [-0.05, 0) is 0 Å². The fraction of sp³-hybridized carbons (Fsp3) is 0. The van der Waals surface area contributed by atoms with Gasteiger partial charge in [-0.3, -0.25) is 35.7 Å². The van der Waals surface area contributed by atoms with E-state index in [9.17, 15) is 0 Å². The Bertz CT molecular complexity index is 164. The zero-order valence-corrected chi connectivity index (χ0v) is 20.9. The minimum Gasteiger partial charge on any atom is -2.00 e. The summed E-state index contributed by atoms with van der Waals surface area (Å²) in [6, 6.07) is 0. The maximum atomic E-state index is 8.40. The minimum absolute atomic E-state index is 0. The van der Waals surface area contributed by atoms with E-state index in [4.69, 9.17) is 35.7 Å². The molecule has 13 nitrogen and oxygen atoms in total. The molecule has 0 rings (SSSR count). The van der Waals surface area contributed by atoms with E-state index in [2.05, 4.69) is 0 Å². The van der Waals surface area contributed by atoms with Crippen molar-refractivity contribution in [3.63, 3.8) is 0 Å². The van der Waals surface area contributed by atoms with E-state index < -0.39 is 37.2 Å². The van der Waals surface area contributed by atoms with Crippen molar-refractivity contribution in [1.82, 2.24) is 0 Å². The van der Waals surface area contributed by atoms with Crippen LogP contribution in [0.2, 0.25) is 0 Å². The molecule has 2 N–H and O–H groups in total. The summed E-state index contributed by atoms with van der Waals surface area (Å²) in [5.74, 6) is 0. The molecule has 0 bridgehead atoms. The van der Waals surface area contributed by atoms with E-state index in [1.807, 2.05) is 0 Å². The summed E-state index contributed by atoms with van der Waals surface area (Å²) in [5.41, 5.74) is 0. The average molecular weight is 422 g/mol. The normalized spacial score (nSPS) is 1.52. The van der Waals surface area contributed by atoms with Crippen LogP contribution in [0.4, 0.5) is 0 Å². The van der Waals surface area contributed by atoms with Crippen LogP contribution < -0.4 is 59.1 Å². The first-order chi connectivity index (χ1) is 5.66. The Morgan fingerprint density at radius 1 is 0.381 bits per heavy atom. The zero-order chi connectivity index (χ0) is 10.8. The molecular weight excluding hydrogens is 420 g/mol. The Morgan fingerprint density at radius 3 is 0.381 bits per heavy atom. The van der Waals surface area contributed by atoms with Crippen LogP contribution in [0.1, 0.15) is 0 Å². The quantitative estimate of drug-likeness (QED) is 0.337. The maximum absolute atomic E-state index is 8.40. The third kappa shape index (κ3) is 1970. The van der Waals surface area contributed by atoms with E-state index in [1.54, 1.807) is 0 Å². The summed E-state index contributed by atoms with van der Waals surface area (Å²) >= 11 is 0. The van der Waals surface area contributed by atoms with Gasteiger partial charge in [-0.25, -0.2) is 0 Å². The van der Waals surface area contributed by atoms with Crippen LogP contribution in [-0.4, -0.2) is 77.4 Å². The van der Waals surface area contributed by atoms with Gasteiger partial charge in [0.1, 0.15) is 0 Å². The topological polar surface area (TPSA) is 282 Å². The molecule has 0 saturated carbocycles. The molecule has 0 aliphatic heterocycles. The van der Waals surface area contributed by atoms with Gasteiger partial charge < -0.3 is 27.4 Å². The molecule has 0 aliphatic carbocycles. The van der Waals surface area contributed by atoms with Crippen molar-refractivity contribution >= 4 is 71.9 Å². The van der Waals surface area contributed by atoms with Crippen molar-refractivity contribution in [1.29, 1.82) is 0 Å². The maximum Gasteiger partial charge on any atom is 3.00 e. The van der Waals surface area contributed by atoms with Crippen molar-refractivity contribution in [2.24, 2.45) is 0 Å². The first kappa shape index (κ1) is 110. The molecule has 0 heterocycles. The Balaban J connectivity index is -0.00000000323. The Labute approximate surface area is 191 Å². The molecule has 0 aromatic carbocycles. The standard InChI is InChI=1S/2Al.2Na.4O2Si.H2O.4O/c;;;;4*1-3-2;;;;;/h;;;;;;;;1H2;;;;/q2*+3;2*+1;;;;;;4*-2. The van der Waals surface area contributed by atoms with Gasteiger partial charge in [0.05, 0.1) is 0 Å². The van der Waals surface area contributed by atoms with Gasteiger partial charge in [0, 0.05) is 0 Å². The van der Waals surface area contributed by atoms with Crippen LogP contribution in [0.3, 0.4) is 0 Å². The summed E-state index contributed by atoms with van der Waals surface area (Å²) in [7, 11) is -5.67. The molecule has 0 aromatic heterocycles. The number of hydrogen-bond acceptors (Lipinski definition) is 8. The molecular formula is H2Al2Na2O13Si4. The third-order valence-electron chi connectivity index (χ3n) is 0. The molecule has 21 heteroatoms. The predicted octanol–water partition coefficient (Wildman–Crippen LogP) is -10.5. The first-order valence-electron chi connectivity index (χ1n) is 1.63. The largest absolute Gasteiger partial charge is 3.00 e. The van der Waals surface area contributed by atoms with E-state index in [0.29, 0.717) is 0 Å². The van der Waals surface area contributed by atoms with Crippen LogP contribution in [0.25, 0.3) is 0 Å². The molecule has 0 radical (unpaired) electrons. The second-order valence-electron chi connectivity index (χ2n) is 0.333. The van der Waals surface area contributed by atoms with Crippen molar-refractivity contribution in [2.45, 2.75) is 0 Å². The number of rotatable bonds is 0. The van der Waals surface area contributed by atoms with E-state index in [-0.39, 0.29) is 121 Å². The van der Waals surface area contributed by atoms with Crippen LogP contribution in [0.15, 0.2) is 0 Å². The van der Waals surface area contributed by atoms with Gasteiger partial charge in [-0.2, -0.15) is 0 Å². The van der Waals surface area contributed by atoms with Gasteiger partial charge in [0.15, 0.2) is 0 Å². The Hall–Kier alpha value is 2.13. The molecule has 104 valence electrons. The summed E-state index contributed by atoms with van der Waals surface area (Å²) in [5, 5.41) is 0. The van der Waals surface area contributed by atoms with E-state index in [0.717, 1.165) is 0 Å². The van der Waals surface area contributed by atoms with Gasteiger partial charge >= 0.3 is 131 Å². The smallest absolute Gasteiger partial charge is 2.00 e. The summed E-state index contributed by atoms with van der Waals surface area (Å²) in [6.45, 7) is 0. The summed E-state index contributed by atoms with van der Waals surface area (Å²) in [6.07, 6.45) is 0. The van der Waals surface area contributed by atoms with Gasteiger partial charge in [-0.1, -0.05) is 0 Å². The van der Waals surface area contributed by atoms with Crippen molar-refractivity contribution in [3.8, 4) is 0 Å². The van der Waals surface area contributed by atoms with Crippen LogP contribution >= 0.6 is 0 Å². The fourth-order valence-electron chi connectivity index (χ4n) is 0. The van der Waals surface area contributed by atoms with Crippen molar-refractivity contribution in [3.05, 3.63) is 0 Å². The minimum atomic E-state index is -1.42. The van der Waals surface area contributed by atoms with E-state index in [1.165, 1.54) is 0 Å². The second-order valence-corrected chi connectivity index (χ2v) is 1.00. The molecule has 0 spiro atoms. The number of hydrogen-bond donors (Lipinski definition) is 0. The van der Waals surface area contributed by atoms with Crippen LogP contribution in [0, 0.1) is 0 Å². The molecule has 21 heavy (non-hydrogen) atoms. The van der Waals surface area contributed by atoms with Gasteiger partial charge in [-0.15, -0.1) is 0 Å².